The Morgan fingerprint density at radius 2 is 2.35 bits per heavy atom. The first-order valence-corrected chi connectivity index (χ1v) is 6.50. The van der Waals surface area contributed by atoms with Gasteiger partial charge in [-0.25, -0.2) is 0 Å². The van der Waals surface area contributed by atoms with E-state index in [0.717, 1.165) is 9.21 Å². The summed E-state index contributed by atoms with van der Waals surface area (Å²) in [6.45, 7) is 2.22. The number of hydrogen-bond donors (Lipinski definition) is 1. The fraction of sp³-hybridized carbons (Fsp3) is 0.545. The van der Waals surface area contributed by atoms with Gasteiger partial charge in [0.05, 0.1) is 24.0 Å². The van der Waals surface area contributed by atoms with Crippen molar-refractivity contribution in [3.63, 3.8) is 0 Å². The van der Waals surface area contributed by atoms with Gasteiger partial charge in [0.15, 0.2) is 0 Å². The van der Waals surface area contributed by atoms with Gasteiger partial charge in [-0.2, -0.15) is 0 Å². The lowest BCUT2D eigenvalue weighted by Crippen LogP contribution is -2.36. The summed E-state index contributed by atoms with van der Waals surface area (Å²) in [5.74, 6) is 0.0608. The number of thiophene rings is 1. The Balaban J connectivity index is 2.27. The minimum atomic E-state index is 0.0608. The third-order valence-corrected chi connectivity index (χ3v) is 3.42. The Morgan fingerprint density at radius 3 is 2.94 bits per heavy atom. The highest BCUT2D eigenvalue weighted by atomic mass is 35.5. The second kappa shape index (κ2) is 7.66. The quantitative estimate of drug-likeness (QED) is 0.769. The molecular weight excluding hydrogens is 260 g/mol. The number of nitrogens with zero attached hydrogens (tertiary/aromatic N) is 1. The summed E-state index contributed by atoms with van der Waals surface area (Å²) in [4.78, 5) is 14.5. The lowest BCUT2D eigenvalue weighted by Gasteiger charge is -2.16. The minimum absolute atomic E-state index is 0.0608. The molecule has 0 saturated heterocycles. The largest absolute Gasteiger partial charge is 0.383 e. The number of halogens is 1. The van der Waals surface area contributed by atoms with Crippen LogP contribution in [0.4, 0.5) is 0 Å². The van der Waals surface area contributed by atoms with Crippen molar-refractivity contribution in [2.45, 2.75) is 6.54 Å². The summed E-state index contributed by atoms with van der Waals surface area (Å²) >= 11 is 7.33. The Labute approximate surface area is 111 Å². The standard InChI is InChI=1S/C11H17ClN2O2S/c1-14(8-9-3-4-10(12)17-9)11(15)7-13-5-6-16-2/h3-4,13H,5-8H2,1-2H3. The SMILES string of the molecule is COCCNCC(=O)N(C)Cc1ccc(Cl)s1. The van der Waals surface area contributed by atoms with Crippen molar-refractivity contribution in [2.75, 3.05) is 33.9 Å². The smallest absolute Gasteiger partial charge is 0.236 e. The molecule has 6 heteroatoms. The lowest BCUT2D eigenvalue weighted by atomic mass is 10.4. The number of hydrogen-bond acceptors (Lipinski definition) is 4. The molecule has 0 unspecified atom stereocenters. The molecule has 0 aliphatic heterocycles. The zero-order chi connectivity index (χ0) is 12.7. The third-order valence-electron chi connectivity index (χ3n) is 2.21. The van der Waals surface area contributed by atoms with Crippen LogP contribution in [0.2, 0.25) is 4.34 Å². The maximum atomic E-state index is 11.7. The van der Waals surface area contributed by atoms with E-state index in [-0.39, 0.29) is 5.91 Å². The number of rotatable bonds is 7. The maximum absolute atomic E-state index is 11.7. The Bertz CT molecular complexity index is 357. The summed E-state index contributed by atoms with van der Waals surface area (Å²) in [6, 6.07) is 3.78. The van der Waals surface area contributed by atoms with Crippen molar-refractivity contribution < 1.29 is 9.53 Å². The van der Waals surface area contributed by atoms with Gasteiger partial charge in [0.25, 0.3) is 0 Å². The molecule has 0 aliphatic carbocycles. The van der Waals surface area contributed by atoms with E-state index < -0.39 is 0 Å². The molecule has 0 bridgehead atoms. The highest BCUT2D eigenvalue weighted by Gasteiger charge is 2.09. The van der Waals surface area contributed by atoms with Crippen molar-refractivity contribution in [3.05, 3.63) is 21.3 Å². The molecule has 1 heterocycles. The van der Waals surface area contributed by atoms with Crippen LogP contribution in [-0.4, -0.2) is 44.7 Å². The van der Waals surface area contributed by atoms with Crippen LogP contribution in [0.3, 0.4) is 0 Å². The van der Waals surface area contributed by atoms with Gasteiger partial charge in [-0.05, 0) is 12.1 Å². The number of likely N-dealkylation sites (N-methyl/N-ethyl adjacent to an activating group) is 1. The summed E-state index contributed by atoms with van der Waals surface area (Å²) < 4.78 is 5.63. The molecule has 1 amide bonds. The number of nitrogens with one attached hydrogen (secondary N) is 1. The van der Waals surface area contributed by atoms with Gasteiger partial charge in [-0.3, -0.25) is 4.79 Å². The number of carbonyl (C=O) groups is 1. The van der Waals surface area contributed by atoms with Crippen LogP contribution in [0.25, 0.3) is 0 Å². The zero-order valence-corrected chi connectivity index (χ0v) is 11.6. The normalized spacial score (nSPS) is 10.5. The fourth-order valence-corrected chi connectivity index (χ4v) is 2.40. The highest BCUT2D eigenvalue weighted by Crippen LogP contribution is 2.22. The second-order valence-corrected chi connectivity index (χ2v) is 5.42. The molecule has 1 rings (SSSR count). The molecule has 1 aromatic heterocycles. The van der Waals surface area contributed by atoms with Crippen molar-refractivity contribution in [3.8, 4) is 0 Å². The van der Waals surface area contributed by atoms with Gasteiger partial charge in [0, 0.05) is 25.6 Å². The molecular formula is C11H17ClN2O2S. The van der Waals surface area contributed by atoms with E-state index in [4.69, 9.17) is 16.3 Å². The van der Waals surface area contributed by atoms with Crippen LogP contribution in [0.5, 0.6) is 0 Å². The average molecular weight is 277 g/mol. The van der Waals surface area contributed by atoms with E-state index in [1.807, 2.05) is 12.1 Å². The molecule has 0 fully saturated rings. The average Bonchev–Trinajstić information content (AvgIpc) is 2.70. The second-order valence-electron chi connectivity index (χ2n) is 3.63. The molecule has 1 N–H and O–H groups in total. The molecule has 0 aromatic carbocycles. The number of amides is 1. The predicted molar refractivity (Wildman–Crippen MR) is 70.5 cm³/mol. The zero-order valence-electron chi connectivity index (χ0n) is 10.0. The van der Waals surface area contributed by atoms with Gasteiger partial charge >= 0.3 is 0 Å². The van der Waals surface area contributed by atoms with Gasteiger partial charge in [0.1, 0.15) is 0 Å². The van der Waals surface area contributed by atoms with E-state index >= 15 is 0 Å². The van der Waals surface area contributed by atoms with Crippen molar-refractivity contribution >= 4 is 28.8 Å². The molecule has 0 aliphatic rings. The first-order chi connectivity index (χ1) is 8.13. The Hall–Kier alpha value is -0.620. The van der Waals surface area contributed by atoms with Crippen LogP contribution in [-0.2, 0) is 16.1 Å². The molecule has 0 saturated carbocycles. The van der Waals surface area contributed by atoms with E-state index in [9.17, 15) is 4.79 Å². The molecule has 0 radical (unpaired) electrons. The van der Waals surface area contributed by atoms with Gasteiger partial charge in [-0.1, -0.05) is 11.6 Å². The van der Waals surface area contributed by atoms with E-state index in [0.29, 0.717) is 26.2 Å². The number of methoxy groups -OCH3 is 1. The topological polar surface area (TPSA) is 41.6 Å². The van der Waals surface area contributed by atoms with E-state index in [2.05, 4.69) is 5.32 Å². The van der Waals surface area contributed by atoms with Crippen LogP contribution < -0.4 is 5.32 Å². The molecule has 96 valence electrons. The fourth-order valence-electron chi connectivity index (χ4n) is 1.26. The van der Waals surface area contributed by atoms with Crippen LogP contribution >= 0.6 is 22.9 Å². The van der Waals surface area contributed by atoms with Crippen molar-refractivity contribution in [1.82, 2.24) is 10.2 Å². The molecule has 0 atom stereocenters. The Morgan fingerprint density at radius 1 is 1.59 bits per heavy atom. The first kappa shape index (κ1) is 14.4. The van der Waals surface area contributed by atoms with Crippen molar-refractivity contribution in [1.29, 1.82) is 0 Å². The summed E-state index contributed by atoms with van der Waals surface area (Å²) in [6.07, 6.45) is 0. The molecule has 0 spiro atoms. The van der Waals surface area contributed by atoms with Gasteiger partial charge in [0.2, 0.25) is 5.91 Å². The highest BCUT2D eigenvalue weighted by molar-refractivity contribution is 7.16. The molecule has 17 heavy (non-hydrogen) atoms. The number of ether oxygens (including phenoxy) is 1. The van der Waals surface area contributed by atoms with Crippen LogP contribution in [0, 0.1) is 0 Å². The van der Waals surface area contributed by atoms with Crippen molar-refractivity contribution in [2.24, 2.45) is 0 Å². The number of carbonyl (C=O) groups excluding carboxylic acids is 1. The molecule has 1 aromatic rings. The van der Waals surface area contributed by atoms with Crippen LogP contribution in [0.15, 0.2) is 12.1 Å². The first-order valence-electron chi connectivity index (χ1n) is 5.31. The molecule has 4 nitrogen and oxygen atoms in total. The van der Waals surface area contributed by atoms with Crippen LogP contribution in [0.1, 0.15) is 4.88 Å². The predicted octanol–water partition coefficient (Wildman–Crippen LogP) is 1.60. The monoisotopic (exact) mass is 276 g/mol. The summed E-state index contributed by atoms with van der Waals surface area (Å²) in [5.41, 5.74) is 0. The minimum Gasteiger partial charge on any atom is -0.383 e. The summed E-state index contributed by atoms with van der Waals surface area (Å²) in [5, 5.41) is 3.02. The Kier molecular flexibility index (Phi) is 6.50. The van der Waals surface area contributed by atoms with E-state index in [1.54, 1.807) is 19.1 Å². The summed E-state index contributed by atoms with van der Waals surface area (Å²) in [7, 11) is 3.42. The lowest BCUT2D eigenvalue weighted by molar-refractivity contribution is -0.129. The maximum Gasteiger partial charge on any atom is 0.236 e. The van der Waals surface area contributed by atoms with Gasteiger partial charge < -0.3 is 15.0 Å². The van der Waals surface area contributed by atoms with E-state index in [1.165, 1.54) is 11.3 Å². The van der Waals surface area contributed by atoms with Gasteiger partial charge in [-0.15, -0.1) is 11.3 Å². The third kappa shape index (κ3) is 5.50.